The Labute approximate surface area is 92.8 Å². The van der Waals surface area contributed by atoms with E-state index in [0.29, 0.717) is 5.56 Å². The number of carbonyl (C=O) groups is 1. The highest BCUT2D eigenvalue weighted by Gasteiger charge is 2.13. The number of hydrogen-bond donors (Lipinski definition) is 0. The first-order chi connectivity index (χ1) is 7.15. The van der Waals surface area contributed by atoms with Crippen LogP contribution in [0.5, 0.6) is 0 Å². The van der Waals surface area contributed by atoms with Crippen molar-refractivity contribution in [3.8, 4) is 0 Å². The highest BCUT2D eigenvalue weighted by Crippen LogP contribution is 2.11. The Hall–Kier alpha value is -1.03. The van der Waals surface area contributed by atoms with Crippen LogP contribution in [0.1, 0.15) is 12.5 Å². The molecule has 0 N–H and O–H groups in total. The molecule has 0 aliphatic rings. The normalized spacial score (nSPS) is 12.2. The summed E-state index contributed by atoms with van der Waals surface area (Å²) in [7, 11) is 0. The van der Waals surface area contributed by atoms with Crippen molar-refractivity contribution in [2.45, 2.75) is 18.8 Å². The van der Waals surface area contributed by atoms with E-state index in [1.54, 1.807) is 25.1 Å². The van der Waals surface area contributed by atoms with Crippen LogP contribution >= 0.6 is 11.8 Å². The van der Waals surface area contributed by atoms with Crippen molar-refractivity contribution >= 4 is 17.7 Å². The van der Waals surface area contributed by atoms with Crippen molar-refractivity contribution in [3.63, 3.8) is 0 Å². The summed E-state index contributed by atoms with van der Waals surface area (Å²) in [6, 6.07) is 6.27. The second-order valence-electron chi connectivity index (χ2n) is 3.08. The van der Waals surface area contributed by atoms with Gasteiger partial charge < -0.3 is 4.74 Å². The molecule has 0 radical (unpaired) electrons. The smallest absolute Gasteiger partial charge is 0.319 e. The fourth-order valence-electron chi connectivity index (χ4n) is 0.978. The van der Waals surface area contributed by atoms with Crippen molar-refractivity contribution < 1.29 is 13.9 Å². The minimum absolute atomic E-state index is 0.00356. The van der Waals surface area contributed by atoms with Gasteiger partial charge in [0.1, 0.15) is 12.4 Å². The number of carbonyl (C=O) groups excluding carboxylic acids is 1. The minimum atomic E-state index is -0.345. The van der Waals surface area contributed by atoms with E-state index >= 15 is 0 Å². The van der Waals surface area contributed by atoms with Gasteiger partial charge in [0.15, 0.2) is 0 Å². The first-order valence-corrected chi connectivity index (χ1v) is 5.86. The number of ether oxygens (including phenoxy) is 1. The molecule has 2 nitrogen and oxygen atoms in total. The molecule has 0 heterocycles. The van der Waals surface area contributed by atoms with Crippen LogP contribution in [0, 0.1) is 5.82 Å². The van der Waals surface area contributed by atoms with Gasteiger partial charge in [-0.25, -0.2) is 4.39 Å². The Morgan fingerprint density at radius 2 is 2.20 bits per heavy atom. The molecular formula is C11H13FO2S. The SMILES string of the molecule is CSC(C)C(=O)OCc1ccccc1F. The Balaban J connectivity index is 2.51. The lowest BCUT2D eigenvalue weighted by Gasteiger charge is -2.09. The van der Waals surface area contributed by atoms with Gasteiger partial charge in [-0.3, -0.25) is 4.79 Å². The van der Waals surface area contributed by atoms with Crippen LogP contribution in [0.25, 0.3) is 0 Å². The van der Waals surface area contributed by atoms with E-state index in [2.05, 4.69) is 0 Å². The maximum atomic E-state index is 13.1. The molecule has 0 aromatic heterocycles. The van der Waals surface area contributed by atoms with E-state index in [1.165, 1.54) is 17.8 Å². The number of rotatable bonds is 4. The second-order valence-corrected chi connectivity index (χ2v) is 4.26. The van der Waals surface area contributed by atoms with Gasteiger partial charge in [0.05, 0.1) is 5.25 Å². The van der Waals surface area contributed by atoms with E-state index in [4.69, 9.17) is 4.74 Å². The van der Waals surface area contributed by atoms with Gasteiger partial charge in [-0.2, -0.15) is 11.8 Å². The molecular weight excluding hydrogens is 215 g/mol. The zero-order valence-electron chi connectivity index (χ0n) is 8.70. The van der Waals surface area contributed by atoms with Crippen molar-refractivity contribution in [2.75, 3.05) is 6.26 Å². The van der Waals surface area contributed by atoms with Crippen LogP contribution < -0.4 is 0 Å². The molecule has 0 bridgehead atoms. The van der Waals surface area contributed by atoms with E-state index in [-0.39, 0.29) is 23.6 Å². The molecule has 1 atom stereocenters. The Bertz CT molecular complexity index is 341. The fourth-order valence-corrected chi connectivity index (χ4v) is 1.24. The summed E-state index contributed by atoms with van der Waals surface area (Å²) in [5, 5.41) is -0.211. The van der Waals surface area contributed by atoms with Crippen LogP contribution in [0.4, 0.5) is 4.39 Å². The van der Waals surface area contributed by atoms with Gasteiger partial charge in [0.2, 0.25) is 0 Å². The number of hydrogen-bond acceptors (Lipinski definition) is 3. The maximum absolute atomic E-state index is 13.1. The quantitative estimate of drug-likeness (QED) is 0.741. The third-order valence-electron chi connectivity index (χ3n) is 2.01. The van der Waals surface area contributed by atoms with E-state index < -0.39 is 0 Å². The van der Waals surface area contributed by atoms with Crippen molar-refractivity contribution in [1.29, 1.82) is 0 Å². The van der Waals surface area contributed by atoms with Crippen molar-refractivity contribution in [1.82, 2.24) is 0 Å². The first-order valence-electron chi connectivity index (χ1n) is 4.58. The summed E-state index contributed by atoms with van der Waals surface area (Å²) in [5.74, 6) is -0.659. The monoisotopic (exact) mass is 228 g/mol. The molecule has 0 saturated heterocycles. The zero-order valence-corrected chi connectivity index (χ0v) is 9.51. The highest BCUT2D eigenvalue weighted by molar-refractivity contribution is 7.99. The molecule has 82 valence electrons. The summed E-state index contributed by atoms with van der Waals surface area (Å²) in [5.41, 5.74) is 0.402. The van der Waals surface area contributed by atoms with Gasteiger partial charge in [-0.15, -0.1) is 0 Å². The van der Waals surface area contributed by atoms with Gasteiger partial charge in [-0.1, -0.05) is 18.2 Å². The molecule has 0 amide bonds. The minimum Gasteiger partial charge on any atom is -0.460 e. The fraction of sp³-hybridized carbons (Fsp3) is 0.364. The van der Waals surface area contributed by atoms with Crippen molar-refractivity contribution in [2.24, 2.45) is 0 Å². The third kappa shape index (κ3) is 3.55. The molecule has 1 rings (SSSR count). The first kappa shape index (κ1) is 12.0. The van der Waals surface area contributed by atoms with Gasteiger partial charge in [-0.05, 0) is 19.2 Å². The lowest BCUT2D eigenvalue weighted by molar-refractivity contribution is -0.143. The lowest BCUT2D eigenvalue weighted by atomic mass is 10.2. The molecule has 1 aromatic carbocycles. The molecule has 15 heavy (non-hydrogen) atoms. The molecule has 0 spiro atoms. The molecule has 4 heteroatoms. The second kappa shape index (κ2) is 5.75. The Morgan fingerprint density at radius 3 is 2.80 bits per heavy atom. The van der Waals surface area contributed by atoms with Crippen LogP contribution in [0.2, 0.25) is 0 Å². The van der Waals surface area contributed by atoms with Crippen LogP contribution in [-0.4, -0.2) is 17.5 Å². The average molecular weight is 228 g/mol. The Morgan fingerprint density at radius 1 is 1.53 bits per heavy atom. The molecule has 1 unspecified atom stereocenters. The number of benzene rings is 1. The van der Waals surface area contributed by atoms with Gasteiger partial charge in [0.25, 0.3) is 0 Å². The van der Waals surface area contributed by atoms with E-state index in [9.17, 15) is 9.18 Å². The molecule has 0 saturated carbocycles. The molecule has 1 aromatic rings. The lowest BCUT2D eigenvalue weighted by Crippen LogP contribution is -2.16. The third-order valence-corrected chi connectivity index (χ3v) is 2.91. The molecule has 0 aliphatic carbocycles. The van der Waals surface area contributed by atoms with Crippen molar-refractivity contribution in [3.05, 3.63) is 35.6 Å². The summed E-state index contributed by atoms with van der Waals surface area (Å²) in [4.78, 5) is 11.3. The van der Waals surface area contributed by atoms with Gasteiger partial charge >= 0.3 is 5.97 Å². The summed E-state index contributed by atoms with van der Waals surface area (Å²) in [6.45, 7) is 1.75. The van der Waals surface area contributed by atoms with Crippen LogP contribution in [-0.2, 0) is 16.1 Å². The van der Waals surface area contributed by atoms with Crippen LogP contribution in [0.15, 0.2) is 24.3 Å². The standard InChI is InChI=1S/C11H13FO2S/c1-8(15-2)11(13)14-7-9-5-3-4-6-10(9)12/h3-6,8H,7H2,1-2H3. The number of thioether (sulfide) groups is 1. The number of esters is 1. The average Bonchev–Trinajstić information content (AvgIpc) is 2.26. The zero-order chi connectivity index (χ0) is 11.3. The van der Waals surface area contributed by atoms with E-state index in [1.807, 2.05) is 6.26 Å². The molecule has 0 aliphatic heterocycles. The maximum Gasteiger partial charge on any atom is 0.319 e. The topological polar surface area (TPSA) is 26.3 Å². The largest absolute Gasteiger partial charge is 0.460 e. The predicted molar refractivity (Wildman–Crippen MR) is 59.2 cm³/mol. The predicted octanol–water partition coefficient (Wildman–Crippen LogP) is 2.62. The van der Waals surface area contributed by atoms with Crippen LogP contribution in [0.3, 0.4) is 0 Å². The van der Waals surface area contributed by atoms with Gasteiger partial charge in [0, 0.05) is 5.56 Å². The Kier molecular flexibility index (Phi) is 4.62. The summed E-state index contributed by atoms with van der Waals surface area (Å²) < 4.78 is 18.1. The number of halogens is 1. The molecule has 0 fully saturated rings. The summed E-state index contributed by atoms with van der Waals surface area (Å²) >= 11 is 1.40. The summed E-state index contributed by atoms with van der Waals surface area (Å²) in [6.07, 6.45) is 1.83. The van der Waals surface area contributed by atoms with E-state index in [0.717, 1.165) is 0 Å². The highest BCUT2D eigenvalue weighted by atomic mass is 32.2.